The lowest BCUT2D eigenvalue weighted by Gasteiger charge is -2.14. The van der Waals surface area contributed by atoms with E-state index >= 15 is 0 Å². The van der Waals surface area contributed by atoms with E-state index in [1.165, 1.54) is 0 Å². The first-order chi connectivity index (χ1) is 8.72. The van der Waals surface area contributed by atoms with Crippen molar-refractivity contribution >= 4 is 27.5 Å². The second-order valence-corrected chi connectivity index (χ2v) is 5.23. The molecule has 1 aromatic carbocycles. The molecule has 1 fully saturated rings. The summed E-state index contributed by atoms with van der Waals surface area (Å²) in [6, 6.07) is 5.76. The van der Waals surface area contributed by atoms with Crippen molar-refractivity contribution in [2.75, 3.05) is 25.5 Å². The maximum absolute atomic E-state index is 12.1. The molecule has 0 aliphatic carbocycles. The first kappa shape index (κ1) is 13.5. The fourth-order valence-corrected chi connectivity index (χ4v) is 2.56. The molecular formula is C13H17BrN2O2. The van der Waals surface area contributed by atoms with Gasteiger partial charge in [-0.3, -0.25) is 4.79 Å². The van der Waals surface area contributed by atoms with E-state index in [1.807, 2.05) is 18.2 Å². The monoisotopic (exact) mass is 312 g/mol. The van der Waals surface area contributed by atoms with Gasteiger partial charge in [-0.05, 0) is 25.1 Å². The number of carbonyl (C=O) groups excluding carboxylic acids is 1. The van der Waals surface area contributed by atoms with Crippen LogP contribution in [0.3, 0.4) is 0 Å². The maximum atomic E-state index is 12.1. The maximum Gasteiger partial charge on any atom is 0.228 e. The number of benzene rings is 1. The van der Waals surface area contributed by atoms with Gasteiger partial charge >= 0.3 is 0 Å². The van der Waals surface area contributed by atoms with Crippen molar-refractivity contribution in [2.24, 2.45) is 5.92 Å². The average molecular weight is 313 g/mol. The molecule has 0 radical (unpaired) electrons. The average Bonchev–Trinajstić information content (AvgIpc) is 2.87. The molecule has 2 N–H and O–H groups in total. The Kier molecular flexibility index (Phi) is 4.74. The van der Waals surface area contributed by atoms with Crippen LogP contribution >= 0.6 is 15.9 Å². The van der Waals surface area contributed by atoms with Crippen molar-refractivity contribution in [3.63, 3.8) is 0 Å². The number of anilines is 1. The first-order valence-corrected chi connectivity index (χ1v) is 6.79. The third-order valence-electron chi connectivity index (χ3n) is 3.10. The lowest BCUT2D eigenvalue weighted by Crippen LogP contribution is -2.25. The Labute approximate surface area is 115 Å². The highest BCUT2D eigenvalue weighted by Gasteiger charge is 2.23. The molecule has 5 heteroatoms. The van der Waals surface area contributed by atoms with E-state index in [-0.39, 0.29) is 11.8 Å². The SMILES string of the molecule is COCc1c(Br)cccc1NC(=O)C1CCNC1. The minimum Gasteiger partial charge on any atom is -0.380 e. The Balaban J connectivity index is 2.12. The van der Waals surface area contributed by atoms with E-state index in [4.69, 9.17) is 4.74 Å². The Morgan fingerprint density at radius 2 is 2.44 bits per heavy atom. The molecule has 2 rings (SSSR count). The summed E-state index contributed by atoms with van der Waals surface area (Å²) in [7, 11) is 1.64. The molecule has 1 unspecified atom stereocenters. The highest BCUT2D eigenvalue weighted by atomic mass is 79.9. The molecule has 18 heavy (non-hydrogen) atoms. The summed E-state index contributed by atoms with van der Waals surface area (Å²) in [6.07, 6.45) is 0.902. The third kappa shape index (κ3) is 3.10. The summed E-state index contributed by atoms with van der Waals surface area (Å²) in [6.45, 7) is 2.15. The molecule has 4 nitrogen and oxygen atoms in total. The van der Waals surface area contributed by atoms with Crippen molar-refractivity contribution in [3.05, 3.63) is 28.2 Å². The second-order valence-electron chi connectivity index (χ2n) is 4.38. The third-order valence-corrected chi connectivity index (χ3v) is 3.84. The summed E-state index contributed by atoms with van der Waals surface area (Å²) in [5.74, 6) is 0.148. The van der Waals surface area contributed by atoms with Gasteiger partial charge in [0.2, 0.25) is 5.91 Å². The number of hydrogen-bond acceptors (Lipinski definition) is 3. The highest BCUT2D eigenvalue weighted by Crippen LogP contribution is 2.26. The van der Waals surface area contributed by atoms with Crippen LogP contribution in [0, 0.1) is 5.92 Å². The molecule has 1 aliphatic heterocycles. The number of carbonyl (C=O) groups is 1. The van der Waals surface area contributed by atoms with Crippen LogP contribution in [0.25, 0.3) is 0 Å². The van der Waals surface area contributed by atoms with Crippen LogP contribution in [0.5, 0.6) is 0 Å². The fraction of sp³-hybridized carbons (Fsp3) is 0.462. The van der Waals surface area contributed by atoms with Gasteiger partial charge in [-0.1, -0.05) is 22.0 Å². The van der Waals surface area contributed by atoms with Crippen LogP contribution < -0.4 is 10.6 Å². The van der Waals surface area contributed by atoms with E-state index in [9.17, 15) is 4.79 Å². The lowest BCUT2D eigenvalue weighted by atomic mass is 10.1. The minimum absolute atomic E-state index is 0.0689. The van der Waals surface area contributed by atoms with E-state index < -0.39 is 0 Å². The zero-order chi connectivity index (χ0) is 13.0. The standard InChI is InChI=1S/C13H17BrN2O2/c1-18-8-10-11(14)3-2-4-12(10)16-13(17)9-5-6-15-7-9/h2-4,9,15H,5-8H2,1H3,(H,16,17). The number of rotatable bonds is 4. The number of halogens is 1. The molecule has 0 spiro atoms. The van der Waals surface area contributed by atoms with Crippen LogP contribution in [-0.2, 0) is 16.1 Å². The second kappa shape index (κ2) is 6.31. The van der Waals surface area contributed by atoms with Crippen LogP contribution in [-0.4, -0.2) is 26.1 Å². The van der Waals surface area contributed by atoms with Gasteiger partial charge in [-0.15, -0.1) is 0 Å². The first-order valence-electron chi connectivity index (χ1n) is 6.00. The number of nitrogens with one attached hydrogen (secondary N) is 2. The molecule has 1 aliphatic rings. The van der Waals surface area contributed by atoms with Gasteiger partial charge < -0.3 is 15.4 Å². The Hall–Kier alpha value is -0.910. The van der Waals surface area contributed by atoms with E-state index in [1.54, 1.807) is 7.11 Å². The summed E-state index contributed by atoms with van der Waals surface area (Å²) < 4.78 is 6.11. The normalized spacial score (nSPS) is 18.9. The van der Waals surface area contributed by atoms with Crippen molar-refractivity contribution in [2.45, 2.75) is 13.0 Å². The summed E-state index contributed by atoms with van der Waals surface area (Å²) in [4.78, 5) is 12.1. The van der Waals surface area contributed by atoms with Gasteiger partial charge in [0.1, 0.15) is 0 Å². The number of methoxy groups -OCH3 is 1. The van der Waals surface area contributed by atoms with Crippen molar-refractivity contribution < 1.29 is 9.53 Å². The molecule has 0 bridgehead atoms. The summed E-state index contributed by atoms with van der Waals surface area (Å²) in [5.41, 5.74) is 1.79. The topological polar surface area (TPSA) is 50.4 Å². The number of ether oxygens (including phenoxy) is 1. The zero-order valence-corrected chi connectivity index (χ0v) is 11.9. The quantitative estimate of drug-likeness (QED) is 0.895. The van der Waals surface area contributed by atoms with Crippen LogP contribution in [0.4, 0.5) is 5.69 Å². The predicted octanol–water partition coefficient (Wildman–Crippen LogP) is 2.14. The van der Waals surface area contributed by atoms with E-state index in [2.05, 4.69) is 26.6 Å². The van der Waals surface area contributed by atoms with Gasteiger partial charge in [-0.2, -0.15) is 0 Å². The zero-order valence-electron chi connectivity index (χ0n) is 10.3. The van der Waals surface area contributed by atoms with Crippen molar-refractivity contribution in [1.82, 2.24) is 5.32 Å². The largest absolute Gasteiger partial charge is 0.380 e. The number of amides is 1. The molecule has 1 atom stereocenters. The summed E-state index contributed by atoms with van der Waals surface area (Å²) >= 11 is 3.48. The van der Waals surface area contributed by atoms with E-state index in [0.717, 1.165) is 35.2 Å². The lowest BCUT2D eigenvalue weighted by molar-refractivity contribution is -0.119. The molecule has 0 aromatic heterocycles. The van der Waals surface area contributed by atoms with Crippen LogP contribution in [0.1, 0.15) is 12.0 Å². The van der Waals surface area contributed by atoms with E-state index in [0.29, 0.717) is 6.61 Å². The smallest absolute Gasteiger partial charge is 0.228 e. The van der Waals surface area contributed by atoms with Gasteiger partial charge in [0.25, 0.3) is 0 Å². The predicted molar refractivity (Wildman–Crippen MR) is 74.5 cm³/mol. The van der Waals surface area contributed by atoms with Gasteiger partial charge in [-0.25, -0.2) is 0 Å². The Morgan fingerprint density at radius 3 is 3.11 bits per heavy atom. The Bertz CT molecular complexity index is 431. The van der Waals surface area contributed by atoms with Gasteiger partial charge in [0.15, 0.2) is 0 Å². The molecule has 1 aromatic rings. The van der Waals surface area contributed by atoms with Gasteiger partial charge in [0, 0.05) is 29.4 Å². The minimum atomic E-state index is 0.0689. The van der Waals surface area contributed by atoms with Crippen LogP contribution in [0.15, 0.2) is 22.7 Å². The summed E-state index contributed by atoms with van der Waals surface area (Å²) in [5, 5.41) is 6.18. The molecular weight excluding hydrogens is 296 g/mol. The fourth-order valence-electron chi connectivity index (χ4n) is 2.08. The molecule has 1 heterocycles. The van der Waals surface area contributed by atoms with Crippen molar-refractivity contribution in [1.29, 1.82) is 0 Å². The van der Waals surface area contributed by atoms with Crippen LogP contribution in [0.2, 0.25) is 0 Å². The van der Waals surface area contributed by atoms with Crippen molar-refractivity contribution in [3.8, 4) is 0 Å². The highest BCUT2D eigenvalue weighted by molar-refractivity contribution is 9.10. The Morgan fingerprint density at radius 1 is 1.61 bits per heavy atom. The number of hydrogen-bond donors (Lipinski definition) is 2. The molecule has 0 saturated carbocycles. The molecule has 98 valence electrons. The van der Waals surface area contributed by atoms with Gasteiger partial charge in [0.05, 0.1) is 12.5 Å². The molecule has 1 saturated heterocycles. The molecule has 1 amide bonds.